The standard InChI is InChI=1S/C20H22N4O4/c1-12(2)14-10-16(24-25)13(3)9-18(14)27-11-19-22-23-20(28-19)21-15-7-5-6-8-17(15)26-4/h5-10,12H,11H2,1-4H3,(H,21,23). The third-order valence-corrected chi connectivity index (χ3v) is 4.22. The summed E-state index contributed by atoms with van der Waals surface area (Å²) >= 11 is 0. The lowest BCUT2D eigenvalue weighted by molar-refractivity contribution is 0.261. The summed E-state index contributed by atoms with van der Waals surface area (Å²) in [5, 5.41) is 14.1. The monoisotopic (exact) mass is 382 g/mol. The van der Waals surface area contributed by atoms with Crippen LogP contribution in [-0.2, 0) is 6.61 Å². The van der Waals surface area contributed by atoms with Gasteiger partial charge in [0.1, 0.15) is 17.2 Å². The largest absolute Gasteiger partial charge is 0.495 e. The quantitative estimate of drug-likeness (QED) is 0.532. The van der Waals surface area contributed by atoms with Gasteiger partial charge < -0.3 is 19.2 Å². The molecule has 0 radical (unpaired) electrons. The Morgan fingerprint density at radius 2 is 1.96 bits per heavy atom. The van der Waals surface area contributed by atoms with E-state index >= 15 is 0 Å². The molecule has 1 aromatic heterocycles. The number of rotatable bonds is 8. The first kappa shape index (κ1) is 19.3. The van der Waals surface area contributed by atoms with Gasteiger partial charge >= 0.3 is 6.01 Å². The fourth-order valence-electron chi connectivity index (χ4n) is 2.73. The van der Waals surface area contributed by atoms with E-state index in [2.05, 4.69) is 20.7 Å². The van der Waals surface area contributed by atoms with Crippen molar-refractivity contribution in [1.29, 1.82) is 0 Å². The Balaban J connectivity index is 1.73. The van der Waals surface area contributed by atoms with Crippen molar-refractivity contribution in [3.8, 4) is 11.5 Å². The molecule has 0 unspecified atom stereocenters. The van der Waals surface area contributed by atoms with E-state index in [0.717, 1.165) is 16.8 Å². The lowest BCUT2D eigenvalue weighted by atomic mass is 9.99. The van der Waals surface area contributed by atoms with Crippen molar-refractivity contribution >= 4 is 17.4 Å². The van der Waals surface area contributed by atoms with Crippen LogP contribution in [0.25, 0.3) is 0 Å². The second-order valence-corrected chi connectivity index (χ2v) is 6.54. The van der Waals surface area contributed by atoms with E-state index in [-0.39, 0.29) is 18.5 Å². The zero-order valence-electron chi connectivity index (χ0n) is 16.2. The Hall–Kier alpha value is -3.42. The predicted molar refractivity (Wildman–Crippen MR) is 106 cm³/mol. The van der Waals surface area contributed by atoms with Gasteiger partial charge in [-0.3, -0.25) is 0 Å². The maximum absolute atomic E-state index is 11.0. The molecule has 0 bridgehead atoms. The molecule has 0 saturated carbocycles. The summed E-state index contributed by atoms with van der Waals surface area (Å²) in [5.41, 5.74) is 2.78. The molecule has 1 heterocycles. The number of benzene rings is 2. The van der Waals surface area contributed by atoms with Crippen molar-refractivity contribution in [3.63, 3.8) is 0 Å². The first-order valence-electron chi connectivity index (χ1n) is 8.85. The molecule has 0 amide bonds. The minimum absolute atomic E-state index is 0.105. The van der Waals surface area contributed by atoms with Gasteiger partial charge in [0.05, 0.1) is 12.8 Å². The van der Waals surface area contributed by atoms with E-state index in [1.807, 2.05) is 45.0 Å². The van der Waals surface area contributed by atoms with Crippen LogP contribution < -0.4 is 14.8 Å². The minimum Gasteiger partial charge on any atom is -0.495 e. The first-order valence-corrected chi connectivity index (χ1v) is 8.85. The van der Waals surface area contributed by atoms with Gasteiger partial charge in [-0.05, 0) is 53.4 Å². The summed E-state index contributed by atoms with van der Waals surface area (Å²) in [6.07, 6.45) is 0. The molecule has 3 rings (SSSR count). The lowest BCUT2D eigenvalue weighted by Gasteiger charge is -2.14. The van der Waals surface area contributed by atoms with Crippen molar-refractivity contribution in [2.45, 2.75) is 33.3 Å². The molecule has 0 aliphatic carbocycles. The number of aryl methyl sites for hydroxylation is 1. The number of para-hydroxylation sites is 2. The molecule has 0 atom stereocenters. The van der Waals surface area contributed by atoms with Crippen LogP contribution in [0.2, 0.25) is 0 Å². The highest BCUT2D eigenvalue weighted by Crippen LogP contribution is 2.34. The first-order chi connectivity index (χ1) is 13.5. The highest BCUT2D eigenvalue weighted by molar-refractivity contribution is 5.61. The van der Waals surface area contributed by atoms with Crippen LogP contribution in [0.1, 0.15) is 36.8 Å². The molecule has 3 aromatic rings. The smallest absolute Gasteiger partial charge is 0.320 e. The number of aromatic nitrogens is 2. The van der Waals surface area contributed by atoms with E-state index < -0.39 is 0 Å². The fourth-order valence-corrected chi connectivity index (χ4v) is 2.73. The zero-order valence-corrected chi connectivity index (χ0v) is 16.2. The molecule has 0 saturated heterocycles. The number of anilines is 2. The molecule has 1 N–H and O–H groups in total. The second-order valence-electron chi connectivity index (χ2n) is 6.54. The van der Waals surface area contributed by atoms with Gasteiger partial charge in [0.25, 0.3) is 5.89 Å². The molecular weight excluding hydrogens is 360 g/mol. The van der Waals surface area contributed by atoms with Crippen molar-refractivity contribution in [2.75, 3.05) is 12.4 Å². The van der Waals surface area contributed by atoms with Gasteiger partial charge in [0.15, 0.2) is 6.61 Å². The van der Waals surface area contributed by atoms with Crippen LogP contribution >= 0.6 is 0 Å². The van der Waals surface area contributed by atoms with Crippen LogP contribution in [0.4, 0.5) is 17.4 Å². The summed E-state index contributed by atoms with van der Waals surface area (Å²) in [5.74, 6) is 1.82. The Kier molecular flexibility index (Phi) is 5.88. The van der Waals surface area contributed by atoms with Crippen LogP contribution in [0.3, 0.4) is 0 Å². The molecule has 0 fully saturated rings. The van der Waals surface area contributed by atoms with Gasteiger partial charge in [-0.1, -0.05) is 31.1 Å². The van der Waals surface area contributed by atoms with Crippen LogP contribution in [0.5, 0.6) is 11.5 Å². The van der Waals surface area contributed by atoms with Gasteiger partial charge in [-0.25, -0.2) is 0 Å². The molecule has 8 heteroatoms. The highest BCUT2D eigenvalue weighted by atomic mass is 16.5. The molecule has 2 aromatic carbocycles. The van der Waals surface area contributed by atoms with Gasteiger partial charge in [-0.15, -0.1) is 10.0 Å². The normalized spacial score (nSPS) is 10.8. The average Bonchev–Trinajstić information content (AvgIpc) is 3.14. The molecule has 28 heavy (non-hydrogen) atoms. The van der Waals surface area contributed by atoms with E-state index in [4.69, 9.17) is 13.9 Å². The molecule has 0 spiro atoms. The summed E-state index contributed by atoms with van der Waals surface area (Å²) in [6.45, 7) is 5.96. The van der Waals surface area contributed by atoms with Gasteiger partial charge in [0.2, 0.25) is 0 Å². The Bertz CT molecular complexity index is 969. The summed E-state index contributed by atoms with van der Waals surface area (Å²) < 4.78 is 16.8. The van der Waals surface area contributed by atoms with E-state index in [0.29, 0.717) is 23.1 Å². The molecule has 0 aliphatic heterocycles. The number of methoxy groups -OCH3 is 1. The van der Waals surface area contributed by atoms with Crippen LogP contribution in [-0.4, -0.2) is 17.3 Å². The average molecular weight is 382 g/mol. The summed E-state index contributed by atoms with van der Waals surface area (Å²) in [6, 6.07) is 11.2. The number of hydrogen-bond acceptors (Lipinski definition) is 8. The third kappa shape index (κ3) is 4.28. The minimum atomic E-state index is 0.105. The van der Waals surface area contributed by atoms with E-state index in [9.17, 15) is 4.91 Å². The van der Waals surface area contributed by atoms with Crippen molar-refractivity contribution in [1.82, 2.24) is 10.2 Å². The maximum atomic E-state index is 11.0. The Morgan fingerprint density at radius 1 is 1.18 bits per heavy atom. The summed E-state index contributed by atoms with van der Waals surface area (Å²) in [4.78, 5) is 11.0. The van der Waals surface area contributed by atoms with Crippen molar-refractivity contribution in [3.05, 3.63) is 58.3 Å². The number of ether oxygens (including phenoxy) is 2. The molecule has 146 valence electrons. The Labute approximate surface area is 162 Å². The summed E-state index contributed by atoms with van der Waals surface area (Å²) in [7, 11) is 1.59. The van der Waals surface area contributed by atoms with Gasteiger partial charge in [-0.2, -0.15) is 0 Å². The molecular formula is C20H22N4O4. The number of nitrogens with zero attached hydrogens (tertiary/aromatic N) is 3. The third-order valence-electron chi connectivity index (χ3n) is 4.22. The van der Waals surface area contributed by atoms with Crippen LogP contribution in [0, 0.1) is 11.8 Å². The maximum Gasteiger partial charge on any atom is 0.320 e. The van der Waals surface area contributed by atoms with Crippen molar-refractivity contribution in [2.24, 2.45) is 5.18 Å². The number of nitrogens with one attached hydrogen (secondary N) is 1. The zero-order chi connectivity index (χ0) is 20.1. The lowest BCUT2D eigenvalue weighted by Crippen LogP contribution is -2.01. The van der Waals surface area contributed by atoms with Crippen molar-refractivity contribution < 1.29 is 13.9 Å². The Morgan fingerprint density at radius 3 is 2.68 bits per heavy atom. The van der Waals surface area contributed by atoms with Crippen LogP contribution in [0.15, 0.2) is 46.0 Å². The van der Waals surface area contributed by atoms with Gasteiger partial charge in [0, 0.05) is 0 Å². The predicted octanol–water partition coefficient (Wildman–Crippen LogP) is 5.23. The highest BCUT2D eigenvalue weighted by Gasteiger charge is 2.15. The molecule has 8 nitrogen and oxygen atoms in total. The number of hydrogen-bond donors (Lipinski definition) is 1. The fraction of sp³-hybridized carbons (Fsp3) is 0.300. The second kappa shape index (κ2) is 8.51. The van der Waals surface area contributed by atoms with E-state index in [1.54, 1.807) is 19.2 Å². The SMILES string of the molecule is COc1ccccc1Nc1nnc(COc2cc(C)c(N=O)cc2C(C)C)o1. The van der Waals surface area contributed by atoms with E-state index in [1.165, 1.54) is 0 Å². The molecule has 0 aliphatic rings. The number of nitroso groups, excluding NO2 is 1. The topological polar surface area (TPSA) is 98.8 Å².